The lowest BCUT2D eigenvalue weighted by atomic mass is 9.91. The van der Waals surface area contributed by atoms with E-state index in [0.29, 0.717) is 12.0 Å². The van der Waals surface area contributed by atoms with Crippen LogP contribution in [0.15, 0.2) is 12.1 Å². The van der Waals surface area contributed by atoms with Gasteiger partial charge < -0.3 is 10.1 Å². The van der Waals surface area contributed by atoms with Gasteiger partial charge in [0, 0.05) is 31.1 Å². The third kappa shape index (κ3) is 5.29. The topological polar surface area (TPSA) is 34.2 Å². The Balaban J connectivity index is 2.87. The molecule has 19 heavy (non-hydrogen) atoms. The fourth-order valence-corrected chi connectivity index (χ4v) is 2.46. The molecule has 0 radical (unpaired) electrons. The standard InChI is InChI=1S/C16H28N2O/c1-6-8-17-16(12(2)7-9-19-5)15-10-13(3)18-14(4)11-15/h10-12,16-17H,6-9H2,1-5H3. The SMILES string of the molecule is CCCNC(c1cc(C)nc(C)c1)C(C)CCOC. The Morgan fingerprint density at radius 3 is 2.42 bits per heavy atom. The Hall–Kier alpha value is -0.930. The van der Waals surface area contributed by atoms with Crippen molar-refractivity contribution in [3.63, 3.8) is 0 Å². The van der Waals surface area contributed by atoms with Crippen LogP contribution in [-0.2, 0) is 4.74 Å². The van der Waals surface area contributed by atoms with Crippen LogP contribution in [0, 0.1) is 19.8 Å². The molecule has 2 unspecified atom stereocenters. The lowest BCUT2D eigenvalue weighted by Crippen LogP contribution is -2.28. The van der Waals surface area contributed by atoms with Crippen molar-refractivity contribution in [2.45, 2.75) is 46.6 Å². The lowest BCUT2D eigenvalue weighted by molar-refractivity contribution is 0.170. The van der Waals surface area contributed by atoms with Gasteiger partial charge in [0.15, 0.2) is 0 Å². The summed E-state index contributed by atoms with van der Waals surface area (Å²) in [6.07, 6.45) is 2.22. The van der Waals surface area contributed by atoms with E-state index in [1.54, 1.807) is 7.11 Å². The van der Waals surface area contributed by atoms with E-state index in [9.17, 15) is 0 Å². The van der Waals surface area contributed by atoms with Crippen molar-refractivity contribution in [3.8, 4) is 0 Å². The highest BCUT2D eigenvalue weighted by Crippen LogP contribution is 2.25. The molecule has 0 aliphatic heterocycles. The summed E-state index contributed by atoms with van der Waals surface area (Å²) in [5.41, 5.74) is 3.54. The Labute approximate surface area is 117 Å². The van der Waals surface area contributed by atoms with Gasteiger partial charge in [0.25, 0.3) is 0 Å². The molecule has 2 atom stereocenters. The smallest absolute Gasteiger partial charge is 0.0465 e. The molecule has 0 saturated carbocycles. The molecule has 1 heterocycles. The summed E-state index contributed by atoms with van der Waals surface area (Å²) in [7, 11) is 1.77. The zero-order valence-corrected chi connectivity index (χ0v) is 13.0. The summed E-state index contributed by atoms with van der Waals surface area (Å²) in [6.45, 7) is 10.5. The van der Waals surface area contributed by atoms with Gasteiger partial charge in [-0.25, -0.2) is 0 Å². The van der Waals surface area contributed by atoms with Gasteiger partial charge >= 0.3 is 0 Å². The second-order valence-corrected chi connectivity index (χ2v) is 5.37. The summed E-state index contributed by atoms with van der Waals surface area (Å²) in [6, 6.07) is 4.78. The number of aryl methyl sites for hydroxylation is 2. The molecule has 3 heteroatoms. The van der Waals surface area contributed by atoms with Gasteiger partial charge in [0.1, 0.15) is 0 Å². The number of methoxy groups -OCH3 is 1. The Morgan fingerprint density at radius 2 is 1.89 bits per heavy atom. The van der Waals surface area contributed by atoms with Crippen molar-refractivity contribution in [1.82, 2.24) is 10.3 Å². The predicted octanol–water partition coefficient (Wildman–Crippen LogP) is 3.41. The van der Waals surface area contributed by atoms with Gasteiger partial charge in [-0.1, -0.05) is 13.8 Å². The van der Waals surface area contributed by atoms with Crippen molar-refractivity contribution >= 4 is 0 Å². The number of ether oxygens (including phenoxy) is 1. The average Bonchev–Trinajstić information content (AvgIpc) is 2.35. The fraction of sp³-hybridized carbons (Fsp3) is 0.688. The van der Waals surface area contributed by atoms with E-state index in [1.165, 1.54) is 5.56 Å². The zero-order valence-electron chi connectivity index (χ0n) is 13.0. The lowest BCUT2D eigenvalue weighted by Gasteiger charge is -2.26. The van der Waals surface area contributed by atoms with Crippen LogP contribution >= 0.6 is 0 Å². The normalized spacial score (nSPS) is 14.4. The summed E-state index contributed by atoms with van der Waals surface area (Å²) in [4.78, 5) is 4.47. The quantitative estimate of drug-likeness (QED) is 0.781. The van der Waals surface area contributed by atoms with E-state index in [1.807, 2.05) is 0 Å². The van der Waals surface area contributed by atoms with E-state index in [2.05, 4.69) is 50.1 Å². The van der Waals surface area contributed by atoms with Gasteiger partial charge in [-0.15, -0.1) is 0 Å². The largest absolute Gasteiger partial charge is 0.385 e. The molecule has 0 saturated heterocycles. The number of rotatable bonds is 8. The predicted molar refractivity (Wildman–Crippen MR) is 80.4 cm³/mol. The molecule has 0 aliphatic rings. The van der Waals surface area contributed by atoms with E-state index < -0.39 is 0 Å². The first-order valence-corrected chi connectivity index (χ1v) is 7.26. The van der Waals surface area contributed by atoms with Crippen molar-refractivity contribution < 1.29 is 4.74 Å². The first kappa shape index (κ1) is 16.1. The minimum absolute atomic E-state index is 0.385. The number of hydrogen-bond acceptors (Lipinski definition) is 3. The van der Waals surface area contributed by atoms with Crippen LogP contribution in [0.5, 0.6) is 0 Å². The summed E-state index contributed by atoms with van der Waals surface area (Å²) in [5, 5.41) is 3.67. The molecule has 0 bridgehead atoms. The monoisotopic (exact) mass is 264 g/mol. The molecule has 0 amide bonds. The van der Waals surface area contributed by atoms with Crippen molar-refractivity contribution in [2.24, 2.45) is 5.92 Å². The highest BCUT2D eigenvalue weighted by Gasteiger charge is 2.19. The number of aromatic nitrogens is 1. The summed E-state index contributed by atoms with van der Waals surface area (Å²) >= 11 is 0. The number of pyridine rings is 1. The van der Waals surface area contributed by atoms with Gasteiger partial charge in [0.2, 0.25) is 0 Å². The summed E-state index contributed by atoms with van der Waals surface area (Å²) < 4.78 is 5.21. The Morgan fingerprint density at radius 1 is 1.26 bits per heavy atom. The Kier molecular flexibility index (Phi) is 7.03. The van der Waals surface area contributed by atoms with Gasteiger partial charge in [-0.2, -0.15) is 0 Å². The van der Waals surface area contributed by atoms with E-state index >= 15 is 0 Å². The molecule has 0 aromatic carbocycles. The number of nitrogens with zero attached hydrogens (tertiary/aromatic N) is 1. The number of nitrogens with one attached hydrogen (secondary N) is 1. The average molecular weight is 264 g/mol. The van der Waals surface area contributed by atoms with E-state index in [4.69, 9.17) is 4.74 Å². The molecule has 1 N–H and O–H groups in total. The van der Waals surface area contributed by atoms with Crippen LogP contribution in [0.25, 0.3) is 0 Å². The van der Waals surface area contributed by atoms with Crippen LogP contribution < -0.4 is 5.32 Å². The Bertz CT molecular complexity index is 359. The molecular weight excluding hydrogens is 236 g/mol. The van der Waals surface area contributed by atoms with Gasteiger partial charge in [-0.3, -0.25) is 4.98 Å². The van der Waals surface area contributed by atoms with Crippen LogP contribution in [0.3, 0.4) is 0 Å². The molecule has 0 aliphatic carbocycles. The second kappa shape index (κ2) is 8.28. The van der Waals surface area contributed by atoms with Crippen LogP contribution in [0.1, 0.15) is 49.7 Å². The first-order valence-electron chi connectivity index (χ1n) is 7.26. The molecule has 1 aromatic heterocycles. The minimum atomic E-state index is 0.385. The maximum absolute atomic E-state index is 5.21. The molecular formula is C16H28N2O. The van der Waals surface area contributed by atoms with E-state index in [-0.39, 0.29) is 0 Å². The van der Waals surface area contributed by atoms with E-state index in [0.717, 1.165) is 37.4 Å². The van der Waals surface area contributed by atoms with Crippen LogP contribution in [-0.4, -0.2) is 25.2 Å². The molecule has 0 spiro atoms. The molecule has 0 fully saturated rings. The van der Waals surface area contributed by atoms with Crippen LogP contribution in [0.4, 0.5) is 0 Å². The maximum atomic E-state index is 5.21. The zero-order chi connectivity index (χ0) is 14.3. The van der Waals surface area contributed by atoms with Crippen molar-refractivity contribution in [3.05, 3.63) is 29.1 Å². The highest BCUT2D eigenvalue weighted by molar-refractivity contribution is 5.24. The second-order valence-electron chi connectivity index (χ2n) is 5.37. The maximum Gasteiger partial charge on any atom is 0.0465 e. The van der Waals surface area contributed by atoms with Gasteiger partial charge in [-0.05, 0) is 56.8 Å². The minimum Gasteiger partial charge on any atom is -0.385 e. The van der Waals surface area contributed by atoms with Crippen molar-refractivity contribution in [2.75, 3.05) is 20.3 Å². The summed E-state index contributed by atoms with van der Waals surface area (Å²) in [5.74, 6) is 0.549. The third-order valence-electron chi connectivity index (χ3n) is 3.42. The highest BCUT2D eigenvalue weighted by atomic mass is 16.5. The van der Waals surface area contributed by atoms with Crippen LogP contribution in [0.2, 0.25) is 0 Å². The molecule has 1 aromatic rings. The third-order valence-corrected chi connectivity index (χ3v) is 3.42. The van der Waals surface area contributed by atoms with Gasteiger partial charge in [0.05, 0.1) is 0 Å². The molecule has 3 nitrogen and oxygen atoms in total. The van der Waals surface area contributed by atoms with Crippen molar-refractivity contribution in [1.29, 1.82) is 0 Å². The molecule has 108 valence electrons. The molecule has 1 rings (SSSR count). The number of hydrogen-bond donors (Lipinski definition) is 1. The fourth-order valence-electron chi connectivity index (χ4n) is 2.46. The first-order chi connectivity index (χ1) is 9.08.